The molecule has 3 amide bonds. The van der Waals surface area contributed by atoms with Crippen LogP contribution in [0.15, 0.2) is 48.5 Å². The minimum absolute atomic E-state index is 0.135. The molecule has 7 nitrogen and oxygen atoms in total. The van der Waals surface area contributed by atoms with Crippen molar-refractivity contribution < 1.29 is 19.4 Å². The van der Waals surface area contributed by atoms with Gasteiger partial charge in [-0.15, -0.1) is 0 Å². The second-order valence-electron chi connectivity index (χ2n) is 6.77. The van der Waals surface area contributed by atoms with E-state index in [0.29, 0.717) is 17.1 Å². The second-order valence-corrected chi connectivity index (χ2v) is 6.77. The summed E-state index contributed by atoms with van der Waals surface area (Å²) in [4.78, 5) is 24.1. The van der Waals surface area contributed by atoms with Gasteiger partial charge in [-0.05, 0) is 43.7 Å². The lowest BCUT2D eigenvalue weighted by Crippen LogP contribution is -2.46. The number of urea groups is 1. The first kappa shape index (κ1) is 20.3. The third-order valence-electron chi connectivity index (χ3n) is 3.78. The van der Waals surface area contributed by atoms with Gasteiger partial charge < -0.3 is 25.8 Å². The Hall–Kier alpha value is -3.06. The number of aliphatic hydroxyl groups is 1. The van der Waals surface area contributed by atoms with Crippen LogP contribution in [-0.4, -0.2) is 36.3 Å². The molecule has 2 aromatic carbocycles. The molecule has 0 aromatic heterocycles. The van der Waals surface area contributed by atoms with Crippen LogP contribution in [0.4, 0.5) is 16.2 Å². The number of methoxy groups -OCH3 is 1. The van der Waals surface area contributed by atoms with Gasteiger partial charge in [0.1, 0.15) is 5.75 Å². The summed E-state index contributed by atoms with van der Waals surface area (Å²) in [7, 11) is 1.56. The maximum absolute atomic E-state index is 12.1. The molecule has 27 heavy (non-hydrogen) atoms. The average Bonchev–Trinajstić information content (AvgIpc) is 2.63. The number of anilines is 2. The lowest BCUT2D eigenvalue weighted by Gasteiger charge is -2.23. The Morgan fingerprint density at radius 3 is 2.33 bits per heavy atom. The minimum Gasteiger partial charge on any atom is -0.497 e. The Bertz CT molecular complexity index is 788. The molecule has 0 aliphatic carbocycles. The molecule has 0 atom stereocenters. The summed E-state index contributed by atoms with van der Waals surface area (Å²) >= 11 is 0. The molecule has 0 unspecified atom stereocenters. The Kier molecular flexibility index (Phi) is 6.79. The Balaban J connectivity index is 1.89. The first-order valence-corrected chi connectivity index (χ1v) is 8.54. The molecule has 0 bridgehead atoms. The molecule has 2 rings (SSSR count). The molecule has 0 saturated heterocycles. The summed E-state index contributed by atoms with van der Waals surface area (Å²) in [5, 5.41) is 17.4. The van der Waals surface area contributed by atoms with E-state index in [1.54, 1.807) is 69.5 Å². The van der Waals surface area contributed by atoms with Crippen LogP contribution in [-0.2, 0) is 11.2 Å². The van der Waals surface area contributed by atoms with Crippen LogP contribution in [0.25, 0.3) is 0 Å². The van der Waals surface area contributed by atoms with Crippen LogP contribution in [0.5, 0.6) is 5.75 Å². The zero-order valence-electron chi connectivity index (χ0n) is 15.7. The van der Waals surface area contributed by atoms with Gasteiger partial charge in [0.15, 0.2) is 0 Å². The normalized spacial score (nSPS) is 10.8. The molecule has 4 N–H and O–H groups in total. The Labute approximate surface area is 158 Å². The molecular formula is C20H25N3O4. The van der Waals surface area contributed by atoms with Crippen LogP contribution in [0.2, 0.25) is 0 Å². The van der Waals surface area contributed by atoms with E-state index in [-0.39, 0.29) is 25.0 Å². The van der Waals surface area contributed by atoms with Crippen molar-refractivity contribution in [1.82, 2.24) is 5.32 Å². The maximum Gasteiger partial charge on any atom is 0.323 e. The molecule has 144 valence electrons. The molecule has 0 fully saturated rings. The van der Waals surface area contributed by atoms with E-state index in [2.05, 4.69) is 16.0 Å². The molecule has 7 heteroatoms. The molecule has 0 radical (unpaired) electrons. The smallest absolute Gasteiger partial charge is 0.323 e. The number of carbonyl (C=O) groups is 2. The van der Waals surface area contributed by atoms with Gasteiger partial charge in [-0.3, -0.25) is 4.79 Å². The lowest BCUT2D eigenvalue weighted by molar-refractivity contribution is -0.122. The van der Waals surface area contributed by atoms with E-state index >= 15 is 0 Å². The summed E-state index contributed by atoms with van der Waals surface area (Å²) in [5.41, 5.74) is 1.37. The standard InChI is InChI=1S/C20H25N3O4/c1-20(2,13-24)23-18(25)11-14-7-9-15(10-8-14)21-19(26)22-16-5-4-6-17(12-16)27-3/h4-10,12,24H,11,13H2,1-3H3,(H,23,25)(H2,21,22,26). The summed E-state index contributed by atoms with van der Waals surface area (Å²) in [6.07, 6.45) is 0.194. The van der Waals surface area contributed by atoms with Crippen molar-refractivity contribution in [3.63, 3.8) is 0 Å². The lowest BCUT2D eigenvalue weighted by atomic mass is 10.1. The van der Waals surface area contributed by atoms with Crippen LogP contribution in [0, 0.1) is 0 Å². The van der Waals surface area contributed by atoms with Crippen molar-refractivity contribution >= 4 is 23.3 Å². The average molecular weight is 371 g/mol. The fourth-order valence-corrected chi connectivity index (χ4v) is 2.35. The topological polar surface area (TPSA) is 99.7 Å². The van der Waals surface area contributed by atoms with Gasteiger partial charge >= 0.3 is 6.03 Å². The van der Waals surface area contributed by atoms with Gasteiger partial charge in [0.2, 0.25) is 5.91 Å². The molecule has 0 aliphatic heterocycles. The third kappa shape index (κ3) is 6.63. The quantitative estimate of drug-likeness (QED) is 0.601. The number of aliphatic hydroxyl groups excluding tert-OH is 1. The van der Waals surface area contributed by atoms with Gasteiger partial charge in [-0.25, -0.2) is 4.79 Å². The van der Waals surface area contributed by atoms with Crippen molar-refractivity contribution in [3.05, 3.63) is 54.1 Å². The summed E-state index contributed by atoms with van der Waals surface area (Å²) in [5.74, 6) is 0.477. The Morgan fingerprint density at radius 1 is 1.04 bits per heavy atom. The van der Waals surface area contributed by atoms with Crippen molar-refractivity contribution in [2.75, 3.05) is 24.4 Å². The molecule has 0 saturated carbocycles. The summed E-state index contributed by atoms with van der Waals surface area (Å²) in [6.45, 7) is 3.36. The number of hydrogen-bond donors (Lipinski definition) is 4. The highest BCUT2D eigenvalue weighted by atomic mass is 16.5. The highest BCUT2D eigenvalue weighted by Crippen LogP contribution is 2.17. The predicted octanol–water partition coefficient (Wildman–Crippen LogP) is 2.77. The molecule has 2 aromatic rings. The summed E-state index contributed by atoms with van der Waals surface area (Å²) in [6, 6.07) is 13.7. The zero-order chi connectivity index (χ0) is 19.9. The Morgan fingerprint density at radius 2 is 1.70 bits per heavy atom. The second kappa shape index (κ2) is 9.05. The van der Waals surface area contributed by atoms with Gasteiger partial charge in [0, 0.05) is 17.4 Å². The maximum atomic E-state index is 12.1. The van der Waals surface area contributed by atoms with Crippen LogP contribution < -0.4 is 20.7 Å². The SMILES string of the molecule is COc1cccc(NC(=O)Nc2ccc(CC(=O)NC(C)(C)CO)cc2)c1. The van der Waals surface area contributed by atoms with Gasteiger partial charge in [0.05, 0.1) is 25.7 Å². The van der Waals surface area contributed by atoms with E-state index in [1.165, 1.54) is 0 Å². The van der Waals surface area contributed by atoms with E-state index in [0.717, 1.165) is 5.56 Å². The van der Waals surface area contributed by atoms with Crippen LogP contribution in [0.3, 0.4) is 0 Å². The number of hydrogen-bond acceptors (Lipinski definition) is 4. The number of ether oxygens (including phenoxy) is 1. The monoisotopic (exact) mass is 371 g/mol. The molecule has 0 aliphatic rings. The molecular weight excluding hydrogens is 346 g/mol. The fourth-order valence-electron chi connectivity index (χ4n) is 2.35. The highest BCUT2D eigenvalue weighted by Gasteiger charge is 2.18. The van der Waals surface area contributed by atoms with Crippen molar-refractivity contribution in [2.45, 2.75) is 25.8 Å². The van der Waals surface area contributed by atoms with Crippen LogP contribution in [0.1, 0.15) is 19.4 Å². The van der Waals surface area contributed by atoms with E-state index in [1.807, 2.05) is 0 Å². The van der Waals surface area contributed by atoms with E-state index in [9.17, 15) is 14.7 Å². The number of rotatable bonds is 7. The van der Waals surface area contributed by atoms with Crippen LogP contribution >= 0.6 is 0 Å². The fraction of sp³-hybridized carbons (Fsp3) is 0.300. The highest BCUT2D eigenvalue weighted by molar-refractivity contribution is 5.99. The van der Waals surface area contributed by atoms with Crippen molar-refractivity contribution in [2.24, 2.45) is 0 Å². The first-order chi connectivity index (χ1) is 12.8. The largest absolute Gasteiger partial charge is 0.497 e. The number of carbonyl (C=O) groups excluding carboxylic acids is 2. The number of amides is 3. The summed E-state index contributed by atoms with van der Waals surface area (Å²) < 4.78 is 5.12. The number of nitrogens with one attached hydrogen (secondary N) is 3. The third-order valence-corrected chi connectivity index (χ3v) is 3.78. The number of benzene rings is 2. The van der Waals surface area contributed by atoms with E-state index < -0.39 is 5.54 Å². The van der Waals surface area contributed by atoms with Gasteiger partial charge in [-0.2, -0.15) is 0 Å². The van der Waals surface area contributed by atoms with Crippen molar-refractivity contribution in [3.8, 4) is 5.75 Å². The molecule has 0 heterocycles. The van der Waals surface area contributed by atoms with Crippen molar-refractivity contribution in [1.29, 1.82) is 0 Å². The molecule has 0 spiro atoms. The van der Waals surface area contributed by atoms with Gasteiger partial charge in [-0.1, -0.05) is 18.2 Å². The first-order valence-electron chi connectivity index (χ1n) is 8.54. The van der Waals surface area contributed by atoms with E-state index in [4.69, 9.17) is 4.74 Å². The van der Waals surface area contributed by atoms with Gasteiger partial charge in [0.25, 0.3) is 0 Å². The minimum atomic E-state index is -0.656. The predicted molar refractivity (Wildman–Crippen MR) is 105 cm³/mol. The zero-order valence-corrected chi connectivity index (χ0v) is 15.7.